The maximum Gasteiger partial charge on any atom is 0.480 e. The Balaban J connectivity index is 2.46. The zero-order valence-corrected chi connectivity index (χ0v) is 12.4. The maximum atomic E-state index is 13.8. The van der Waals surface area contributed by atoms with Gasteiger partial charge in [-0.05, 0) is 27.7 Å². The molecule has 1 aromatic carbocycles. The molecule has 122 valence electrons. The lowest BCUT2D eigenvalue weighted by molar-refractivity contribution is 0.00578. The fraction of sp³-hybridized carbons (Fsp3) is 0.538. The molecule has 0 radical (unpaired) electrons. The molecule has 1 saturated heterocycles. The molecule has 1 aliphatic rings. The largest absolute Gasteiger partial charge is 0.480 e. The van der Waals surface area contributed by atoms with Gasteiger partial charge < -0.3 is 15.0 Å². The molecule has 2 N–H and O–H groups in total. The highest BCUT2D eigenvalue weighted by molar-refractivity contribution is 6.47. The molecule has 0 spiro atoms. The van der Waals surface area contributed by atoms with Gasteiger partial charge in [-0.15, -0.1) is 0 Å². The number of hydrogen-bond donors (Lipinski definition) is 1. The van der Waals surface area contributed by atoms with Crippen LogP contribution < -0.4 is 5.73 Å². The van der Waals surface area contributed by atoms with Crippen molar-refractivity contribution in [2.24, 2.45) is 5.73 Å². The number of rotatable bonds is 2. The Morgan fingerprint density at radius 1 is 0.773 bits per heavy atom. The predicted octanol–water partition coefficient (Wildman–Crippen LogP) is 3.01. The lowest BCUT2D eigenvalue weighted by Gasteiger charge is -2.32. The van der Waals surface area contributed by atoms with Gasteiger partial charge in [0, 0.05) is 5.56 Å². The average molecular weight is 323 g/mol. The van der Waals surface area contributed by atoms with Crippen LogP contribution in [0, 0.1) is 29.1 Å². The van der Waals surface area contributed by atoms with Crippen LogP contribution >= 0.6 is 0 Å². The Morgan fingerprint density at radius 2 is 1.09 bits per heavy atom. The summed E-state index contributed by atoms with van der Waals surface area (Å²) in [7, 11) is -1.35. The molecule has 0 bridgehead atoms. The second kappa shape index (κ2) is 5.18. The molecule has 0 saturated carbocycles. The summed E-state index contributed by atoms with van der Waals surface area (Å²) in [5, 5.41) is 0. The van der Waals surface area contributed by atoms with Crippen LogP contribution in [0.1, 0.15) is 39.2 Å². The third-order valence-electron chi connectivity index (χ3n) is 4.14. The molecule has 22 heavy (non-hydrogen) atoms. The normalized spacial score (nSPS) is 21.3. The highest BCUT2D eigenvalue weighted by Gasteiger charge is 2.54. The lowest BCUT2D eigenvalue weighted by Crippen LogP contribution is -2.41. The second-order valence-electron chi connectivity index (χ2n) is 6.13. The molecule has 1 heterocycles. The van der Waals surface area contributed by atoms with Gasteiger partial charge in [0.05, 0.1) is 17.1 Å². The van der Waals surface area contributed by atoms with E-state index in [0.29, 0.717) is 0 Å². The second-order valence-corrected chi connectivity index (χ2v) is 6.13. The Bertz CT molecular complexity index is 578. The zero-order valence-electron chi connectivity index (χ0n) is 12.4. The topological polar surface area (TPSA) is 44.5 Å². The minimum atomic E-state index is -2.24. The van der Waals surface area contributed by atoms with Gasteiger partial charge >= 0.3 is 7.12 Å². The molecule has 3 nitrogen and oxygen atoms in total. The first kappa shape index (κ1) is 17.2. The van der Waals surface area contributed by atoms with Gasteiger partial charge in [0.2, 0.25) is 5.82 Å². The van der Waals surface area contributed by atoms with Crippen molar-refractivity contribution in [2.75, 3.05) is 0 Å². The fourth-order valence-corrected chi connectivity index (χ4v) is 2.09. The Morgan fingerprint density at radius 3 is 1.45 bits per heavy atom. The van der Waals surface area contributed by atoms with E-state index in [1.54, 1.807) is 27.7 Å². The number of benzene rings is 1. The summed E-state index contributed by atoms with van der Waals surface area (Å²) in [4.78, 5) is 0. The SMILES string of the molecule is CC1(C)OB([C@H](N)c2c(F)c(F)c(F)c(F)c2F)OC1(C)C. The predicted molar refractivity (Wildman–Crippen MR) is 69.2 cm³/mol. The Kier molecular flexibility index (Phi) is 4.04. The lowest BCUT2D eigenvalue weighted by atomic mass is 9.74. The summed E-state index contributed by atoms with van der Waals surface area (Å²) in [5.41, 5.74) is 2.77. The molecular formula is C13H15BF5NO2. The molecule has 0 aliphatic carbocycles. The Labute approximate surface area is 124 Å². The van der Waals surface area contributed by atoms with Crippen molar-refractivity contribution in [2.45, 2.75) is 44.8 Å². The van der Waals surface area contributed by atoms with Crippen LogP contribution in [-0.4, -0.2) is 18.3 Å². The molecule has 1 aromatic rings. The Hall–Kier alpha value is -1.19. The summed E-state index contributed by atoms with van der Waals surface area (Å²) in [5.74, 6) is -12.0. The van der Waals surface area contributed by atoms with E-state index >= 15 is 0 Å². The van der Waals surface area contributed by atoms with E-state index in [1.165, 1.54) is 0 Å². The van der Waals surface area contributed by atoms with Crippen LogP contribution in [0.15, 0.2) is 0 Å². The summed E-state index contributed by atoms with van der Waals surface area (Å²) in [6.45, 7) is 6.66. The van der Waals surface area contributed by atoms with Crippen LogP contribution in [0.3, 0.4) is 0 Å². The summed E-state index contributed by atoms with van der Waals surface area (Å²) in [6, 6.07) is 0. The number of nitrogens with two attached hydrogens (primary N) is 1. The molecule has 0 aromatic heterocycles. The summed E-state index contributed by atoms with van der Waals surface area (Å²) >= 11 is 0. The van der Waals surface area contributed by atoms with Crippen molar-refractivity contribution in [3.63, 3.8) is 0 Å². The van der Waals surface area contributed by atoms with Crippen LogP contribution in [0.4, 0.5) is 22.0 Å². The molecule has 1 aliphatic heterocycles. The van der Waals surface area contributed by atoms with Crippen molar-refractivity contribution in [1.29, 1.82) is 0 Å². The van der Waals surface area contributed by atoms with Crippen LogP contribution in [-0.2, 0) is 9.31 Å². The van der Waals surface area contributed by atoms with Crippen LogP contribution in [0.5, 0.6) is 0 Å². The average Bonchev–Trinajstić information content (AvgIpc) is 2.63. The molecule has 9 heteroatoms. The van der Waals surface area contributed by atoms with Crippen molar-refractivity contribution in [1.82, 2.24) is 0 Å². The molecule has 0 unspecified atom stereocenters. The third kappa shape index (κ3) is 2.41. The van der Waals surface area contributed by atoms with Gasteiger partial charge in [-0.2, -0.15) is 0 Å². The van der Waals surface area contributed by atoms with Crippen LogP contribution in [0.25, 0.3) is 0 Å². The molecular weight excluding hydrogens is 308 g/mol. The monoisotopic (exact) mass is 323 g/mol. The summed E-state index contributed by atoms with van der Waals surface area (Å²) in [6.07, 6.45) is 0. The standard InChI is InChI=1S/C13H15BF5NO2/c1-12(2)13(3,4)22-14(21-12)11(20)5-6(15)8(17)10(19)9(18)7(5)16/h11H,20H2,1-4H3/t11-/m1/s1. The third-order valence-corrected chi connectivity index (χ3v) is 4.14. The first-order valence-corrected chi connectivity index (χ1v) is 6.53. The smallest absolute Gasteiger partial charge is 0.402 e. The van der Waals surface area contributed by atoms with Crippen LogP contribution in [0.2, 0.25) is 0 Å². The van der Waals surface area contributed by atoms with E-state index in [1.807, 2.05) is 0 Å². The van der Waals surface area contributed by atoms with E-state index in [2.05, 4.69) is 0 Å². The highest BCUT2D eigenvalue weighted by Crippen LogP contribution is 2.40. The molecule has 1 fully saturated rings. The first-order valence-electron chi connectivity index (χ1n) is 6.53. The van der Waals surface area contributed by atoms with E-state index in [4.69, 9.17) is 15.0 Å². The van der Waals surface area contributed by atoms with Crippen molar-refractivity contribution in [3.8, 4) is 0 Å². The van der Waals surface area contributed by atoms with Gasteiger partial charge in [-0.3, -0.25) is 0 Å². The number of halogens is 5. The van der Waals surface area contributed by atoms with Gasteiger partial charge in [-0.1, -0.05) is 0 Å². The zero-order chi connectivity index (χ0) is 17.0. The fourth-order valence-electron chi connectivity index (χ4n) is 2.09. The minimum absolute atomic E-state index is 0.862. The van der Waals surface area contributed by atoms with E-state index in [9.17, 15) is 22.0 Å². The van der Waals surface area contributed by atoms with Gasteiger partial charge in [0.15, 0.2) is 23.3 Å². The van der Waals surface area contributed by atoms with E-state index < -0.39 is 58.9 Å². The van der Waals surface area contributed by atoms with Gasteiger partial charge in [0.1, 0.15) is 0 Å². The van der Waals surface area contributed by atoms with Crippen molar-refractivity contribution < 1.29 is 31.3 Å². The van der Waals surface area contributed by atoms with E-state index in [-0.39, 0.29) is 0 Å². The van der Waals surface area contributed by atoms with E-state index in [0.717, 1.165) is 0 Å². The number of hydrogen-bond acceptors (Lipinski definition) is 3. The van der Waals surface area contributed by atoms with Crippen molar-refractivity contribution in [3.05, 3.63) is 34.6 Å². The minimum Gasteiger partial charge on any atom is -0.402 e. The molecule has 0 amide bonds. The van der Waals surface area contributed by atoms with Crippen molar-refractivity contribution >= 4 is 7.12 Å². The quantitative estimate of drug-likeness (QED) is 0.394. The van der Waals surface area contributed by atoms with Gasteiger partial charge in [0.25, 0.3) is 0 Å². The molecule has 1 atom stereocenters. The first-order chi connectivity index (χ1) is 9.90. The highest BCUT2D eigenvalue weighted by atomic mass is 19.2. The molecule has 2 rings (SSSR count). The summed E-state index contributed by atoms with van der Waals surface area (Å²) < 4.78 is 78.1. The maximum absolute atomic E-state index is 13.8. The van der Waals surface area contributed by atoms with Gasteiger partial charge in [-0.25, -0.2) is 22.0 Å².